The number of ether oxygens (including phenoxy) is 1. The number of halogens is 1. The maximum Gasteiger partial charge on any atom is 0.349 e. The molecular formula is C24H18ClN5O3. The molecule has 0 N–H and O–H groups in total. The van der Waals surface area contributed by atoms with Crippen molar-refractivity contribution in [1.82, 2.24) is 19.7 Å². The van der Waals surface area contributed by atoms with Crippen molar-refractivity contribution in [2.75, 3.05) is 0 Å². The summed E-state index contributed by atoms with van der Waals surface area (Å²) in [4.78, 5) is 20.7. The van der Waals surface area contributed by atoms with Crippen LogP contribution in [0.1, 0.15) is 22.8 Å². The second-order valence-electron chi connectivity index (χ2n) is 7.14. The monoisotopic (exact) mass is 459 g/mol. The number of esters is 1. The Hall–Kier alpha value is -4.22. The minimum absolute atomic E-state index is 0.110. The Morgan fingerprint density at radius 1 is 1.27 bits per heavy atom. The maximum atomic E-state index is 12.5. The Morgan fingerprint density at radius 3 is 2.85 bits per heavy atom. The van der Waals surface area contributed by atoms with Gasteiger partial charge in [0.25, 0.3) is 5.89 Å². The predicted molar refractivity (Wildman–Crippen MR) is 121 cm³/mol. The lowest BCUT2D eigenvalue weighted by atomic mass is 10.1. The van der Waals surface area contributed by atoms with Crippen LogP contribution in [-0.4, -0.2) is 25.7 Å². The molecule has 0 saturated heterocycles. The number of hydrogen-bond acceptors (Lipinski definition) is 7. The van der Waals surface area contributed by atoms with E-state index in [1.807, 2.05) is 48.7 Å². The molecule has 0 atom stereocenters. The zero-order valence-corrected chi connectivity index (χ0v) is 18.6. The molecule has 4 aromatic rings. The fourth-order valence-corrected chi connectivity index (χ4v) is 3.55. The van der Waals surface area contributed by atoms with Gasteiger partial charge in [-0.15, -0.1) is 0 Å². The summed E-state index contributed by atoms with van der Waals surface area (Å²) in [6.07, 6.45) is 4.73. The predicted octanol–water partition coefficient (Wildman–Crippen LogP) is 4.84. The standard InChI is InChI=1S/C24H18ClN5O3/c1-15-9-18(16(2)30(15)21-7-3-6-20(25)11-21)10-19(12-26)24(31)32-14-22-28-23(29-33-22)17-5-4-8-27-13-17/h3-11,13H,14H2,1-2H3/b19-10-. The summed E-state index contributed by atoms with van der Waals surface area (Å²) in [5.74, 6) is -0.344. The third-order valence-corrected chi connectivity index (χ3v) is 5.13. The Labute approximate surface area is 194 Å². The van der Waals surface area contributed by atoms with Gasteiger partial charge in [0, 0.05) is 40.1 Å². The highest BCUT2D eigenvalue weighted by Gasteiger charge is 2.17. The summed E-state index contributed by atoms with van der Waals surface area (Å²) >= 11 is 6.13. The van der Waals surface area contributed by atoms with Crippen LogP contribution in [0.2, 0.25) is 5.02 Å². The summed E-state index contributed by atoms with van der Waals surface area (Å²) in [5, 5.41) is 14.0. The highest BCUT2D eigenvalue weighted by molar-refractivity contribution is 6.30. The van der Waals surface area contributed by atoms with Gasteiger partial charge >= 0.3 is 5.97 Å². The van der Waals surface area contributed by atoms with E-state index in [1.165, 1.54) is 6.08 Å². The number of nitriles is 1. The summed E-state index contributed by atoms with van der Waals surface area (Å²) in [6.45, 7) is 3.58. The Morgan fingerprint density at radius 2 is 2.12 bits per heavy atom. The quantitative estimate of drug-likeness (QED) is 0.230. The molecule has 0 saturated carbocycles. The lowest BCUT2D eigenvalue weighted by Crippen LogP contribution is -2.07. The topological polar surface area (TPSA) is 107 Å². The highest BCUT2D eigenvalue weighted by atomic mass is 35.5. The van der Waals surface area contributed by atoms with Gasteiger partial charge in [-0.3, -0.25) is 4.98 Å². The average molecular weight is 460 g/mol. The van der Waals surface area contributed by atoms with Crippen LogP contribution in [0.25, 0.3) is 23.2 Å². The van der Waals surface area contributed by atoms with Crippen LogP contribution in [0.5, 0.6) is 0 Å². The lowest BCUT2D eigenvalue weighted by molar-refractivity contribution is -0.140. The van der Waals surface area contributed by atoms with Gasteiger partial charge in [0.2, 0.25) is 5.82 Å². The van der Waals surface area contributed by atoms with Gasteiger partial charge in [-0.05, 0) is 61.9 Å². The first-order valence-electron chi connectivity index (χ1n) is 9.93. The maximum absolute atomic E-state index is 12.5. The Kier molecular flexibility index (Phi) is 6.33. The normalized spacial score (nSPS) is 11.3. The summed E-state index contributed by atoms with van der Waals surface area (Å²) in [5.41, 5.74) is 3.92. The zero-order valence-electron chi connectivity index (χ0n) is 17.8. The number of pyridine rings is 1. The van der Waals surface area contributed by atoms with E-state index < -0.39 is 5.97 Å². The minimum atomic E-state index is -0.786. The third-order valence-electron chi connectivity index (χ3n) is 4.89. The fraction of sp³-hybridized carbons (Fsp3) is 0.125. The molecule has 3 heterocycles. The highest BCUT2D eigenvalue weighted by Crippen LogP contribution is 2.25. The smallest absolute Gasteiger partial charge is 0.349 e. The second kappa shape index (κ2) is 9.51. The van der Waals surface area contributed by atoms with Crippen molar-refractivity contribution in [3.63, 3.8) is 0 Å². The second-order valence-corrected chi connectivity index (χ2v) is 7.58. The number of aryl methyl sites for hydroxylation is 1. The van der Waals surface area contributed by atoms with Crippen LogP contribution >= 0.6 is 11.6 Å². The van der Waals surface area contributed by atoms with Gasteiger partial charge < -0.3 is 13.8 Å². The van der Waals surface area contributed by atoms with Crippen molar-refractivity contribution in [3.05, 3.63) is 88.3 Å². The number of rotatable bonds is 6. The van der Waals surface area contributed by atoms with Gasteiger partial charge in [-0.25, -0.2) is 4.79 Å². The third kappa shape index (κ3) is 4.84. The number of nitrogens with zero attached hydrogens (tertiary/aromatic N) is 5. The first-order chi connectivity index (χ1) is 16.0. The van der Waals surface area contributed by atoms with Gasteiger partial charge in [0.15, 0.2) is 6.61 Å². The summed E-state index contributed by atoms with van der Waals surface area (Å²) in [7, 11) is 0. The van der Waals surface area contributed by atoms with Crippen LogP contribution in [0, 0.1) is 25.2 Å². The molecule has 0 aliphatic carbocycles. The fourth-order valence-electron chi connectivity index (χ4n) is 3.37. The number of aromatic nitrogens is 4. The number of benzene rings is 1. The van der Waals surface area contributed by atoms with Crippen molar-refractivity contribution in [3.8, 4) is 23.1 Å². The molecule has 0 amide bonds. The number of carbonyl (C=O) groups is 1. The summed E-state index contributed by atoms with van der Waals surface area (Å²) < 4.78 is 12.3. The van der Waals surface area contributed by atoms with Gasteiger partial charge in [0.05, 0.1) is 0 Å². The van der Waals surface area contributed by atoms with E-state index in [9.17, 15) is 10.1 Å². The van der Waals surface area contributed by atoms with Gasteiger partial charge in [0.1, 0.15) is 11.6 Å². The molecule has 0 aliphatic heterocycles. The van der Waals surface area contributed by atoms with Crippen LogP contribution < -0.4 is 0 Å². The molecule has 4 rings (SSSR count). The van der Waals surface area contributed by atoms with E-state index in [0.717, 1.165) is 22.6 Å². The van der Waals surface area contributed by atoms with Crippen LogP contribution in [-0.2, 0) is 16.1 Å². The van der Waals surface area contributed by atoms with Crippen molar-refractivity contribution < 1.29 is 14.1 Å². The molecular weight excluding hydrogens is 442 g/mol. The molecule has 3 aromatic heterocycles. The van der Waals surface area contributed by atoms with Crippen LogP contribution in [0.3, 0.4) is 0 Å². The van der Waals surface area contributed by atoms with E-state index in [2.05, 4.69) is 15.1 Å². The van der Waals surface area contributed by atoms with E-state index in [0.29, 0.717) is 16.4 Å². The molecule has 8 nitrogen and oxygen atoms in total. The first kappa shape index (κ1) is 22.0. The molecule has 0 spiro atoms. The first-order valence-corrected chi connectivity index (χ1v) is 10.3. The van der Waals surface area contributed by atoms with Crippen molar-refractivity contribution in [1.29, 1.82) is 5.26 Å². The van der Waals surface area contributed by atoms with E-state index in [-0.39, 0.29) is 18.1 Å². The molecule has 1 aromatic carbocycles. The molecule has 164 valence electrons. The molecule has 0 bridgehead atoms. The molecule has 33 heavy (non-hydrogen) atoms. The molecule has 0 unspecified atom stereocenters. The Bertz CT molecular complexity index is 1380. The van der Waals surface area contributed by atoms with Crippen molar-refractivity contribution >= 4 is 23.6 Å². The van der Waals surface area contributed by atoms with Crippen molar-refractivity contribution in [2.24, 2.45) is 0 Å². The summed E-state index contributed by atoms with van der Waals surface area (Å²) in [6, 6.07) is 14.8. The largest absolute Gasteiger partial charge is 0.451 e. The molecule has 0 fully saturated rings. The van der Waals surface area contributed by atoms with Crippen molar-refractivity contribution in [2.45, 2.75) is 20.5 Å². The zero-order chi connectivity index (χ0) is 23.4. The molecule has 0 radical (unpaired) electrons. The van der Waals surface area contributed by atoms with Crippen LogP contribution in [0.15, 0.2) is 65.0 Å². The number of carbonyl (C=O) groups excluding carboxylic acids is 1. The van der Waals surface area contributed by atoms with Crippen LogP contribution in [0.4, 0.5) is 0 Å². The molecule has 9 heteroatoms. The Balaban J connectivity index is 1.50. The molecule has 0 aliphatic rings. The van der Waals surface area contributed by atoms with E-state index in [4.69, 9.17) is 20.9 Å². The van der Waals surface area contributed by atoms with E-state index >= 15 is 0 Å². The lowest BCUT2D eigenvalue weighted by Gasteiger charge is -2.10. The SMILES string of the molecule is Cc1cc(/C=C(/C#N)C(=O)OCc2nc(-c3cccnc3)no2)c(C)n1-c1cccc(Cl)c1. The average Bonchev–Trinajstić information content (AvgIpc) is 3.40. The van der Waals surface area contributed by atoms with Gasteiger partial charge in [-0.2, -0.15) is 10.2 Å². The van der Waals surface area contributed by atoms with E-state index in [1.54, 1.807) is 30.6 Å². The number of hydrogen-bond donors (Lipinski definition) is 0. The minimum Gasteiger partial charge on any atom is -0.451 e. The van der Waals surface area contributed by atoms with Gasteiger partial charge in [-0.1, -0.05) is 22.8 Å².